The highest BCUT2D eigenvalue weighted by Crippen LogP contribution is 2.20. The lowest BCUT2D eigenvalue weighted by atomic mass is 10.0. The minimum absolute atomic E-state index is 0.0538. The molecule has 0 bridgehead atoms. The Hall–Kier alpha value is -2.80. The first-order chi connectivity index (χ1) is 16.2. The molecule has 174 valence electrons. The molecule has 0 spiro atoms. The summed E-state index contributed by atoms with van der Waals surface area (Å²) >= 11 is 0. The second kappa shape index (κ2) is 13.7. The molecule has 2 N–H and O–H groups in total. The Morgan fingerprint density at radius 3 is 1.64 bits per heavy atom. The topological polar surface area (TPSA) is 68.2 Å². The first kappa shape index (κ1) is 24.8. The van der Waals surface area contributed by atoms with E-state index in [4.69, 9.17) is 14.2 Å². The van der Waals surface area contributed by atoms with E-state index >= 15 is 0 Å². The van der Waals surface area contributed by atoms with Crippen LogP contribution in [0.5, 0.6) is 0 Å². The highest BCUT2D eigenvalue weighted by atomic mass is 16.6. The predicted molar refractivity (Wildman–Crippen MR) is 128 cm³/mol. The van der Waals surface area contributed by atoms with Gasteiger partial charge in [0.25, 0.3) is 0 Å². The van der Waals surface area contributed by atoms with Crippen LogP contribution in [0.2, 0.25) is 0 Å². The zero-order valence-corrected chi connectivity index (χ0v) is 18.8. The summed E-state index contributed by atoms with van der Waals surface area (Å²) in [6.07, 6.45) is -2.47. The molecule has 3 rings (SSSR count). The van der Waals surface area contributed by atoms with Crippen molar-refractivity contribution < 1.29 is 24.4 Å². The molecule has 0 saturated carbocycles. The van der Waals surface area contributed by atoms with E-state index in [2.05, 4.69) is 6.58 Å². The SMILES string of the molecule is C=C(CO)[C@@H](OCc1ccccc1)[C@H](OCc1ccccc1)[C@H](O)COCc1ccccc1. The van der Waals surface area contributed by atoms with Crippen LogP contribution in [0, 0.1) is 0 Å². The molecule has 0 aliphatic rings. The molecule has 0 aliphatic carbocycles. The largest absolute Gasteiger partial charge is 0.392 e. The maximum absolute atomic E-state index is 11.0. The molecule has 0 amide bonds. The summed E-state index contributed by atoms with van der Waals surface area (Å²) in [5.41, 5.74) is 3.40. The van der Waals surface area contributed by atoms with Gasteiger partial charge in [-0.3, -0.25) is 0 Å². The highest BCUT2D eigenvalue weighted by Gasteiger charge is 2.32. The number of hydrogen-bond acceptors (Lipinski definition) is 5. The first-order valence-corrected chi connectivity index (χ1v) is 11.1. The van der Waals surface area contributed by atoms with Gasteiger partial charge in [-0.25, -0.2) is 0 Å². The average Bonchev–Trinajstić information content (AvgIpc) is 2.87. The van der Waals surface area contributed by atoms with Crippen molar-refractivity contribution in [2.24, 2.45) is 0 Å². The number of aliphatic hydroxyl groups is 2. The lowest BCUT2D eigenvalue weighted by Gasteiger charge is -2.32. The molecule has 0 radical (unpaired) electrons. The van der Waals surface area contributed by atoms with E-state index in [0.29, 0.717) is 18.8 Å². The van der Waals surface area contributed by atoms with Gasteiger partial charge < -0.3 is 24.4 Å². The minimum atomic E-state index is -0.985. The second-order valence-electron chi connectivity index (χ2n) is 7.86. The summed E-state index contributed by atoms with van der Waals surface area (Å²) in [5.74, 6) is 0. The van der Waals surface area contributed by atoms with E-state index in [0.717, 1.165) is 16.7 Å². The van der Waals surface area contributed by atoms with Gasteiger partial charge in [0.2, 0.25) is 0 Å². The van der Waals surface area contributed by atoms with Gasteiger partial charge in [0.15, 0.2) is 0 Å². The van der Waals surface area contributed by atoms with Crippen LogP contribution >= 0.6 is 0 Å². The highest BCUT2D eigenvalue weighted by molar-refractivity contribution is 5.16. The zero-order valence-electron chi connectivity index (χ0n) is 18.8. The molecule has 0 saturated heterocycles. The summed E-state index contributed by atoms with van der Waals surface area (Å²) in [5, 5.41) is 20.8. The average molecular weight is 449 g/mol. The van der Waals surface area contributed by atoms with Crippen LogP contribution in [-0.4, -0.2) is 41.7 Å². The fourth-order valence-electron chi connectivity index (χ4n) is 3.43. The Kier molecular flexibility index (Phi) is 10.3. The molecule has 0 unspecified atom stereocenters. The van der Waals surface area contributed by atoms with Crippen molar-refractivity contribution in [3.63, 3.8) is 0 Å². The Balaban J connectivity index is 1.70. The summed E-state index contributed by atoms with van der Waals surface area (Å²) in [4.78, 5) is 0. The van der Waals surface area contributed by atoms with Gasteiger partial charge in [-0.15, -0.1) is 0 Å². The van der Waals surface area contributed by atoms with Gasteiger partial charge in [0.1, 0.15) is 18.3 Å². The number of aliphatic hydroxyl groups excluding tert-OH is 2. The Morgan fingerprint density at radius 1 is 0.697 bits per heavy atom. The second-order valence-corrected chi connectivity index (χ2v) is 7.86. The summed E-state index contributed by atoms with van der Waals surface area (Å²) in [6.45, 7) is 4.70. The molecule has 3 aromatic carbocycles. The quantitative estimate of drug-likeness (QED) is 0.360. The van der Waals surface area contributed by atoms with Crippen LogP contribution in [0.15, 0.2) is 103 Å². The molecule has 5 nitrogen and oxygen atoms in total. The van der Waals surface area contributed by atoms with Gasteiger partial charge >= 0.3 is 0 Å². The van der Waals surface area contributed by atoms with Crippen LogP contribution in [0.25, 0.3) is 0 Å². The maximum atomic E-state index is 11.0. The third kappa shape index (κ3) is 8.24. The van der Waals surface area contributed by atoms with E-state index in [1.807, 2.05) is 91.0 Å². The predicted octanol–water partition coefficient (Wildman–Crippen LogP) is 4.28. The van der Waals surface area contributed by atoms with E-state index in [9.17, 15) is 10.2 Å². The molecule has 0 aromatic heterocycles. The van der Waals surface area contributed by atoms with E-state index in [1.54, 1.807) is 0 Å². The van der Waals surface area contributed by atoms with Gasteiger partial charge in [0.05, 0.1) is 33.0 Å². The molecule has 0 aliphatic heterocycles. The molecule has 0 heterocycles. The zero-order chi connectivity index (χ0) is 23.3. The first-order valence-electron chi connectivity index (χ1n) is 11.1. The standard InChI is InChI=1S/C28H32O5/c1-22(17-29)27(32-19-24-13-7-3-8-14-24)28(33-20-25-15-9-4-10-16-25)26(30)21-31-18-23-11-5-2-6-12-23/h2-16,26-30H,1,17-21H2/t26-,27-,28-/m1/s1. The van der Waals surface area contributed by atoms with Crippen molar-refractivity contribution in [3.05, 3.63) is 120 Å². The Morgan fingerprint density at radius 2 is 1.15 bits per heavy atom. The van der Waals surface area contributed by atoms with E-state index in [-0.39, 0.29) is 19.8 Å². The maximum Gasteiger partial charge on any atom is 0.116 e. The lowest BCUT2D eigenvalue weighted by molar-refractivity contribution is -0.138. The monoisotopic (exact) mass is 448 g/mol. The number of hydrogen-bond donors (Lipinski definition) is 2. The summed E-state index contributed by atoms with van der Waals surface area (Å²) in [7, 11) is 0. The number of rotatable bonds is 14. The molecule has 0 fully saturated rings. The fourth-order valence-corrected chi connectivity index (χ4v) is 3.43. The van der Waals surface area contributed by atoms with Crippen molar-refractivity contribution in [1.82, 2.24) is 0 Å². The van der Waals surface area contributed by atoms with Crippen molar-refractivity contribution in [3.8, 4) is 0 Å². The Bertz CT molecular complexity index is 930. The van der Waals surface area contributed by atoms with Crippen LogP contribution < -0.4 is 0 Å². The summed E-state index contributed by atoms with van der Waals surface area (Å²) in [6, 6.07) is 29.2. The van der Waals surface area contributed by atoms with Crippen LogP contribution in [-0.2, 0) is 34.0 Å². The van der Waals surface area contributed by atoms with Gasteiger partial charge in [-0.2, -0.15) is 0 Å². The van der Waals surface area contributed by atoms with Gasteiger partial charge in [-0.05, 0) is 22.3 Å². The van der Waals surface area contributed by atoms with Crippen molar-refractivity contribution in [2.45, 2.75) is 38.1 Å². The molecule has 3 atom stereocenters. The molecule has 33 heavy (non-hydrogen) atoms. The van der Waals surface area contributed by atoms with E-state index < -0.39 is 18.3 Å². The van der Waals surface area contributed by atoms with E-state index in [1.165, 1.54) is 0 Å². The molecule has 3 aromatic rings. The third-order valence-corrected chi connectivity index (χ3v) is 5.24. The van der Waals surface area contributed by atoms with Crippen LogP contribution in [0.1, 0.15) is 16.7 Å². The number of ether oxygens (including phenoxy) is 3. The number of benzene rings is 3. The third-order valence-electron chi connectivity index (χ3n) is 5.24. The van der Waals surface area contributed by atoms with Crippen molar-refractivity contribution >= 4 is 0 Å². The van der Waals surface area contributed by atoms with Crippen molar-refractivity contribution in [1.29, 1.82) is 0 Å². The van der Waals surface area contributed by atoms with Crippen molar-refractivity contribution in [2.75, 3.05) is 13.2 Å². The van der Waals surface area contributed by atoms with Crippen LogP contribution in [0.4, 0.5) is 0 Å². The molecular formula is C28H32O5. The van der Waals surface area contributed by atoms with Gasteiger partial charge in [-0.1, -0.05) is 97.6 Å². The normalized spacial score (nSPS) is 13.9. The minimum Gasteiger partial charge on any atom is -0.392 e. The fraction of sp³-hybridized carbons (Fsp3) is 0.286. The molecule has 5 heteroatoms. The van der Waals surface area contributed by atoms with Gasteiger partial charge in [0, 0.05) is 0 Å². The summed E-state index contributed by atoms with van der Waals surface area (Å²) < 4.78 is 18.0. The van der Waals surface area contributed by atoms with Crippen LogP contribution in [0.3, 0.4) is 0 Å². The molecular weight excluding hydrogens is 416 g/mol. The Labute approximate surface area is 195 Å². The lowest BCUT2D eigenvalue weighted by Crippen LogP contribution is -2.45. The smallest absolute Gasteiger partial charge is 0.116 e.